The first-order chi connectivity index (χ1) is 8.96. The van der Waals surface area contributed by atoms with Gasteiger partial charge in [-0.1, -0.05) is 20.3 Å². The molecule has 1 N–H and O–H groups in total. The third kappa shape index (κ3) is 4.48. The summed E-state index contributed by atoms with van der Waals surface area (Å²) in [6.07, 6.45) is 9.05. The van der Waals surface area contributed by atoms with Gasteiger partial charge in [0.15, 0.2) is 0 Å². The Labute approximate surface area is 117 Å². The van der Waals surface area contributed by atoms with Crippen LogP contribution in [0.15, 0.2) is 0 Å². The average molecular weight is 267 g/mol. The number of rotatable bonds is 4. The molecule has 2 rings (SSSR count). The van der Waals surface area contributed by atoms with Crippen molar-refractivity contribution in [2.45, 2.75) is 71.3 Å². The normalized spacial score (nSPS) is 32.1. The number of carbonyl (C=O) groups is 1. The lowest BCUT2D eigenvalue weighted by molar-refractivity contribution is -0.137. The highest BCUT2D eigenvalue weighted by Gasteiger charge is 2.33. The zero-order chi connectivity index (χ0) is 13.9. The molecule has 2 aliphatic rings. The minimum Gasteiger partial charge on any atom is -0.481 e. The Morgan fingerprint density at radius 2 is 2.11 bits per heavy atom. The maximum absolute atomic E-state index is 10.7. The van der Waals surface area contributed by atoms with Crippen LogP contribution < -0.4 is 0 Å². The van der Waals surface area contributed by atoms with Crippen LogP contribution in [0.1, 0.15) is 65.2 Å². The van der Waals surface area contributed by atoms with E-state index in [0.29, 0.717) is 17.8 Å². The first kappa shape index (κ1) is 14.8. The van der Waals surface area contributed by atoms with Crippen molar-refractivity contribution in [2.24, 2.45) is 11.3 Å². The van der Waals surface area contributed by atoms with E-state index in [1.54, 1.807) is 0 Å². The molecule has 0 aromatic rings. The zero-order valence-corrected chi connectivity index (χ0v) is 12.5. The molecule has 0 amide bonds. The number of piperidine rings is 1. The first-order valence-corrected chi connectivity index (χ1v) is 7.92. The van der Waals surface area contributed by atoms with Gasteiger partial charge in [0.2, 0.25) is 0 Å². The highest BCUT2D eigenvalue weighted by Crippen LogP contribution is 2.38. The van der Waals surface area contributed by atoms with Gasteiger partial charge in [0.05, 0.1) is 0 Å². The number of likely N-dealkylation sites (tertiary alicyclic amines) is 1. The van der Waals surface area contributed by atoms with E-state index in [9.17, 15) is 4.79 Å². The monoisotopic (exact) mass is 267 g/mol. The topological polar surface area (TPSA) is 40.5 Å². The third-order valence-corrected chi connectivity index (χ3v) is 5.01. The average Bonchev–Trinajstić information content (AvgIpc) is 2.35. The Balaban J connectivity index is 1.84. The van der Waals surface area contributed by atoms with Gasteiger partial charge >= 0.3 is 5.97 Å². The molecule has 1 saturated carbocycles. The lowest BCUT2D eigenvalue weighted by atomic mass is 9.74. The summed E-state index contributed by atoms with van der Waals surface area (Å²) in [5, 5.41) is 8.81. The second kappa shape index (κ2) is 6.25. The number of carboxylic acid groups (broad SMARTS) is 1. The van der Waals surface area contributed by atoms with Crippen molar-refractivity contribution in [3.05, 3.63) is 0 Å². The smallest absolute Gasteiger partial charge is 0.303 e. The van der Waals surface area contributed by atoms with E-state index < -0.39 is 5.97 Å². The standard InChI is InChI=1S/C16H29NO2/c1-16(2)9-3-6-14(11-16)17-10-4-5-13(12-17)7-8-15(18)19/h13-14H,3-12H2,1-2H3,(H,18,19). The zero-order valence-electron chi connectivity index (χ0n) is 12.5. The molecule has 1 aliphatic heterocycles. The van der Waals surface area contributed by atoms with Crippen LogP contribution in [0, 0.1) is 11.3 Å². The predicted molar refractivity (Wildman–Crippen MR) is 77.2 cm³/mol. The lowest BCUT2D eigenvalue weighted by Crippen LogP contribution is -2.46. The van der Waals surface area contributed by atoms with Gasteiger partial charge in [-0.2, -0.15) is 0 Å². The van der Waals surface area contributed by atoms with Gasteiger partial charge in [-0.15, -0.1) is 0 Å². The highest BCUT2D eigenvalue weighted by molar-refractivity contribution is 5.66. The third-order valence-electron chi connectivity index (χ3n) is 5.01. The van der Waals surface area contributed by atoms with E-state index in [2.05, 4.69) is 18.7 Å². The molecule has 0 radical (unpaired) electrons. The summed E-state index contributed by atoms with van der Waals surface area (Å²) in [7, 11) is 0. The van der Waals surface area contributed by atoms with Gasteiger partial charge in [0.1, 0.15) is 0 Å². The number of nitrogens with zero attached hydrogens (tertiary/aromatic N) is 1. The quantitative estimate of drug-likeness (QED) is 0.847. The molecule has 2 unspecified atom stereocenters. The first-order valence-electron chi connectivity index (χ1n) is 7.92. The Bertz CT molecular complexity index is 314. The number of hydrogen-bond donors (Lipinski definition) is 1. The van der Waals surface area contributed by atoms with Crippen LogP contribution in [0.3, 0.4) is 0 Å². The minimum atomic E-state index is -0.643. The van der Waals surface area contributed by atoms with Gasteiger partial charge in [0, 0.05) is 19.0 Å². The van der Waals surface area contributed by atoms with Crippen molar-refractivity contribution in [1.29, 1.82) is 0 Å². The van der Waals surface area contributed by atoms with E-state index in [0.717, 1.165) is 19.0 Å². The van der Waals surface area contributed by atoms with E-state index in [1.165, 1.54) is 45.1 Å². The molecule has 0 aromatic heterocycles. The Kier molecular flexibility index (Phi) is 4.88. The summed E-state index contributed by atoms with van der Waals surface area (Å²) in [6.45, 7) is 7.15. The Morgan fingerprint density at radius 3 is 2.79 bits per heavy atom. The van der Waals surface area contributed by atoms with E-state index in [1.807, 2.05) is 0 Å². The molecule has 3 heteroatoms. The molecule has 2 atom stereocenters. The minimum absolute atomic E-state index is 0.342. The fraction of sp³-hybridized carbons (Fsp3) is 0.938. The van der Waals surface area contributed by atoms with Crippen molar-refractivity contribution in [2.75, 3.05) is 13.1 Å². The van der Waals surface area contributed by atoms with Crippen LogP contribution in [0.5, 0.6) is 0 Å². The molecule has 1 saturated heterocycles. The van der Waals surface area contributed by atoms with Crippen molar-refractivity contribution < 1.29 is 9.90 Å². The van der Waals surface area contributed by atoms with Crippen molar-refractivity contribution in [1.82, 2.24) is 4.90 Å². The molecular weight excluding hydrogens is 238 g/mol. The summed E-state index contributed by atoms with van der Waals surface area (Å²) in [5.74, 6) is -0.0363. The van der Waals surface area contributed by atoms with E-state index >= 15 is 0 Å². The van der Waals surface area contributed by atoms with Crippen LogP contribution in [0.2, 0.25) is 0 Å². The second-order valence-electron chi connectivity index (χ2n) is 7.35. The van der Waals surface area contributed by atoms with Crippen LogP contribution in [0.25, 0.3) is 0 Å². The van der Waals surface area contributed by atoms with E-state index in [-0.39, 0.29) is 0 Å². The summed E-state index contributed by atoms with van der Waals surface area (Å²) in [5.41, 5.74) is 0.497. The maximum atomic E-state index is 10.7. The van der Waals surface area contributed by atoms with Crippen LogP contribution in [0.4, 0.5) is 0 Å². The Morgan fingerprint density at radius 1 is 1.32 bits per heavy atom. The summed E-state index contributed by atoms with van der Waals surface area (Å²) in [6, 6.07) is 0.747. The predicted octanol–water partition coefficient (Wildman–Crippen LogP) is 3.53. The van der Waals surface area contributed by atoms with Gasteiger partial charge in [-0.05, 0) is 56.4 Å². The number of hydrogen-bond acceptors (Lipinski definition) is 2. The number of aliphatic carboxylic acids is 1. The molecule has 3 nitrogen and oxygen atoms in total. The maximum Gasteiger partial charge on any atom is 0.303 e. The highest BCUT2D eigenvalue weighted by atomic mass is 16.4. The SMILES string of the molecule is CC1(C)CCCC(N2CCCC(CCC(=O)O)C2)C1. The molecular formula is C16H29NO2. The molecule has 0 bridgehead atoms. The molecule has 1 aliphatic carbocycles. The molecule has 0 spiro atoms. The van der Waals surface area contributed by atoms with E-state index in [4.69, 9.17) is 5.11 Å². The van der Waals surface area contributed by atoms with Gasteiger partial charge in [-0.25, -0.2) is 0 Å². The lowest BCUT2D eigenvalue weighted by Gasteiger charge is -2.44. The van der Waals surface area contributed by atoms with Crippen molar-refractivity contribution >= 4 is 5.97 Å². The molecule has 1 heterocycles. The second-order valence-corrected chi connectivity index (χ2v) is 7.35. The fourth-order valence-electron chi connectivity index (χ4n) is 3.96. The van der Waals surface area contributed by atoms with Crippen molar-refractivity contribution in [3.8, 4) is 0 Å². The molecule has 19 heavy (non-hydrogen) atoms. The summed E-state index contributed by atoms with van der Waals surface area (Å²) < 4.78 is 0. The van der Waals surface area contributed by atoms with Crippen LogP contribution in [-0.4, -0.2) is 35.1 Å². The van der Waals surface area contributed by atoms with Gasteiger partial charge < -0.3 is 10.0 Å². The Hall–Kier alpha value is -0.570. The van der Waals surface area contributed by atoms with Crippen LogP contribution >= 0.6 is 0 Å². The van der Waals surface area contributed by atoms with Crippen LogP contribution in [-0.2, 0) is 4.79 Å². The summed E-state index contributed by atoms with van der Waals surface area (Å²) >= 11 is 0. The molecule has 2 fully saturated rings. The summed E-state index contributed by atoms with van der Waals surface area (Å²) in [4.78, 5) is 13.4. The van der Waals surface area contributed by atoms with Gasteiger partial charge in [0.25, 0.3) is 0 Å². The number of carboxylic acids is 1. The molecule has 110 valence electrons. The van der Waals surface area contributed by atoms with Crippen molar-refractivity contribution in [3.63, 3.8) is 0 Å². The van der Waals surface area contributed by atoms with Gasteiger partial charge in [-0.3, -0.25) is 4.79 Å². The largest absolute Gasteiger partial charge is 0.481 e. The fourth-order valence-corrected chi connectivity index (χ4v) is 3.96. The molecule has 0 aromatic carbocycles.